The Morgan fingerprint density at radius 2 is 2.00 bits per heavy atom. The van der Waals surface area contributed by atoms with Gasteiger partial charge in [0.25, 0.3) is 0 Å². The maximum Gasteiger partial charge on any atom is 0.222 e. The van der Waals surface area contributed by atoms with Crippen LogP contribution in [0.4, 0.5) is 0 Å². The standard InChI is InChI=1S/C20H30N2O2/c1-15-3-5-19(13-16(15)2)24-18-8-11-22(12-9-18)20(23)6-4-17-7-10-21-14-17/h3,5,13,17-18,21H,4,6-12,14H2,1-2H3. The van der Waals surface area contributed by atoms with Gasteiger partial charge >= 0.3 is 0 Å². The van der Waals surface area contributed by atoms with Gasteiger partial charge in [0.2, 0.25) is 5.91 Å². The molecule has 132 valence electrons. The van der Waals surface area contributed by atoms with Crippen molar-refractivity contribution in [3.05, 3.63) is 29.3 Å². The highest BCUT2D eigenvalue weighted by Gasteiger charge is 2.25. The summed E-state index contributed by atoms with van der Waals surface area (Å²) in [5.41, 5.74) is 2.56. The molecule has 4 heteroatoms. The van der Waals surface area contributed by atoms with Crippen LogP contribution < -0.4 is 10.1 Å². The van der Waals surface area contributed by atoms with E-state index < -0.39 is 0 Å². The molecule has 24 heavy (non-hydrogen) atoms. The van der Waals surface area contributed by atoms with Crippen molar-refractivity contribution >= 4 is 5.91 Å². The highest BCUT2D eigenvalue weighted by molar-refractivity contribution is 5.76. The number of piperidine rings is 1. The van der Waals surface area contributed by atoms with Crippen LogP contribution in [0.3, 0.4) is 0 Å². The lowest BCUT2D eigenvalue weighted by Crippen LogP contribution is -2.41. The Morgan fingerprint density at radius 1 is 1.21 bits per heavy atom. The van der Waals surface area contributed by atoms with Gasteiger partial charge in [-0.25, -0.2) is 0 Å². The van der Waals surface area contributed by atoms with Crippen molar-refractivity contribution in [2.75, 3.05) is 26.2 Å². The molecule has 4 nitrogen and oxygen atoms in total. The Balaban J connectivity index is 1.41. The third-order valence-electron chi connectivity index (χ3n) is 5.50. The molecule has 2 fully saturated rings. The van der Waals surface area contributed by atoms with E-state index in [1.54, 1.807) is 0 Å². The van der Waals surface area contributed by atoms with Crippen molar-refractivity contribution in [2.45, 2.75) is 52.1 Å². The van der Waals surface area contributed by atoms with Crippen LogP contribution in [0.15, 0.2) is 18.2 Å². The van der Waals surface area contributed by atoms with Crippen molar-refractivity contribution in [1.82, 2.24) is 10.2 Å². The Labute approximate surface area is 145 Å². The molecule has 0 spiro atoms. The van der Waals surface area contributed by atoms with Crippen molar-refractivity contribution < 1.29 is 9.53 Å². The van der Waals surface area contributed by atoms with Crippen LogP contribution in [0.2, 0.25) is 0 Å². The van der Waals surface area contributed by atoms with Crippen LogP contribution in [0.25, 0.3) is 0 Å². The molecule has 3 rings (SSSR count). The van der Waals surface area contributed by atoms with Gasteiger partial charge < -0.3 is 15.0 Å². The van der Waals surface area contributed by atoms with Crippen molar-refractivity contribution in [2.24, 2.45) is 5.92 Å². The molecule has 2 saturated heterocycles. The lowest BCUT2D eigenvalue weighted by molar-refractivity contribution is -0.133. The summed E-state index contributed by atoms with van der Waals surface area (Å²) in [5.74, 6) is 1.97. The first-order valence-electron chi connectivity index (χ1n) is 9.34. The molecule has 0 aliphatic carbocycles. The first-order valence-corrected chi connectivity index (χ1v) is 9.34. The van der Waals surface area contributed by atoms with E-state index in [-0.39, 0.29) is 6.10 Å². The highest BCUT2D eigenvalue weighted by atomic mass is 16.5. The number of nitrogens with one attached hydrogen (secondary N) is 1. The summed E-state index contributed by atoms with van der Waals surface area (Å²) in [5, 5.41) is 3.37. The fourth-order valence-corrected chi connectivity index (χ4v) is 3.65. The average Bonchev–Trinajstić information content (AvgIpc) is 3.10. The third kappa shape index (κ3) is 4.50. The van der Waals surface area contributed by atoms with E-state index in [9.17, 15) is 4.79 Å². The summed E-state index contributed by atoms with van der Waals surface area (Å²) in [6, 6.07) is 6.28. The molecule has 0 bridgehead atoms. The largest absolute Gasteiger partial charge is 0.490 e. The summed E-state index contributed by atoms with van der Waals surface area (Å²) in [4.78, 5) is 14.4. The molecule has 2 aliphatic rings. The molecular weight excluding hydrogens is 300 g/mol. The van der Waals surface area contributed by atoms with Crippen LogP contribution in [-0.2, 0) is 4.79 Å². The number of nitrogens with zero attached hydrogens (tertiary/aromatic N) is 1. The number of ether oxygens (including phenoxy) is 1. The van der Waals surface area contributed by atoms with Gasteiger partial charge in [-0.3, -0.25) is 4.79 Å². The second-order valence-electron chi connectivity index (χ2n) is 7.34. The van der Waals surface area contributed by atoms with E-state index in [2.05, 4.69) is 37.4 Å². The van der Waals surface area contributed by atoms with Crippen LogP contribution in [-0.4, -0.2) is 43.1 Å². The number of benzene rings is 1. The third-order valence-corrected chi connectivity index (χ3v) is 5.50. The van der Waals surface area contributed by atoms with Gasteiger partial charge in [-0.1, -0.05) is 6.07 Å². The quantitative estimate of drug-likeness (QED) is 0.902. The fourth-order valence-electron chi connectivity index (χ4n) is 3.65. The zero-order chi connectivity index (χ0) is 16.9. The van der Waals surface area contributed by atoms with Crippen LogP contribution >= 0.6 is 0 Å². The zero-order valence-electron chi connectivity index (χ0n) is 15.0. The van der Waals surface area contributed by atoms with Crippen molar-refractivity contribution in [3.8, 4) is 5.75 Å². The first kappa shape index (κ1) is 17.3. The fraction of sp³-hybridized carbons (Fsp3) is 0.650. The Kier molecular flexibility index (Phi) is 5.77. The molecule has 2 heterocycles. The van der Waals surface area contributed by atoms with Crippen LogP contribution in [0.5, 0.6) is 5.75 Å². The Hall–Kier alpha value is -1.55. The highest BCUT2D eigenvalue weighted by Crippen LogP contribution is 2.22. The average molecular weight is 330 g/mol. The first-order chi connectivity index (χ1) is 11.6. The smallest absolute Gasteiger partial charge is 0.222 e. The lowest BCUT2D eigenvalue weighted by atomic mass is 10.0. The van der Waals surface area contributed by atoms with E-state index >= 15 is 0 Å². The molecular formula is C20H30N2O2. The van der Waals surface area contributed by atoms with Gasteiger partial charge in [0.1, 0.15) is 11.9 Å². The lowest BCUT2D eigenvalue weighted by Gasteiger charge is -2.32. The number of rotatable bonds is 5. The van der Waals surface area contributed by atoms with E-state index in [4.69, 9.17) is 4.74 Å². The summed E-state index contributed by atoms with van der Waals surface area (Å²) in [6.07, 6.45) is 5.06. The predicted octanol–water partition coefficient (Wildman–Crippen LogP) is 3.06. The van der Waals surface area contributed by atoms with E-state index in [1.165, 1.54) is 17.5 Å². The summed E-state index contributed by atoms with van der Waals surface area (Å²) >= 11 is 0. The Bertz CT molecular complexity index is 559. The van der Waals surface area contributed by atoms with E-state index in [0.29, 0.717) is 18.2 Å². The number of carbonyl (C=O) groups excluding carboxylic acids is 1. The number of carbonyl (C=O) groups is 1. The molecule has 0 aromatic heterocycles. The van der Waals surface area contributed by atoms with Crippen LogP contribution in [0, 0.1) is 19.8 Å². The minimum atomic E-state index is 0.232. The number of hydrogen-bond acceptors (Lipinski definition) is 3. The Morgan fingerprint density at radius 3 is 2.67 bits per heavy atom. The number of aryl methyl sites for hydroxylation is 2. The van der Waals surface area contributed by atoms with E-state index in [0.717, 1.165) is 51.2 Å². The van der Waals surface area contributed by atoms with Crippen molar-refractivity contribution in [1.29, 1.82) is 0 Å². The normalized spacial score (nSPS) is 21.9. The molecule has 1 atom stereocenters. The second-order valence-corrected chi connectivity index (χ2v) is 7.34. The maximum atomic E-state index is 12.4. The van der Waals surface area contributed by atoms with Gasteiger partial charge in [0.15, 0.2) is 0 Å². The van der Waals surface area contributed by atoms with Gasteiger partial charge in [-0.15, -0.1) is 0 Å². The molecule has 0 saturated carbocycles. The SMILES string of the molecule is Cc1ccc(OC2CCN(C(=O)CCC3CCNC3)CC2)cc1C. The molecule has 1 N–H and O–H groups in total. The second kappa shape index (κ2) is 8.02. The van der Waals surface area contributed by atoms with Gasteiger partial charge in [0, 0.05) is 32.4 Å². The molecule has 1 aromatic rings. The molecule has 1 aromatic carbocycles. The molecule has 1 unspecified atom stereocenters. The number of amides is 1. The van der Waals surface area contributed by atoms with Crippen molar-refractivity contribution in [3.63, 3.8) is 0 Å². The minimum Gasteiger partial charge on any atom is -0.490 e. The molecule has 1 amide bonds. The summed E-state index contributed by atoms with van der Waals surface area (Å²) in [7, 11) is 0. The molecule has 2 aliphatic heterocycles. The topological polar surface area (TPSA) is 41.6 Å². The maximum absolute atomic E-state index is 12.4. The summed E-state index contributed by atoms with van der Waals surface area (Å²) < 4.78 is 6.11. The molecule has 0 radical (unpaired) electrons. The predicted molar refractivity (Wildman–Crippen MR) is 96.4 cm³/mol. The number of likely N-dealkylation sites (tertiary alicyclic amines) is 1. The minimum absolute atomic E-state index is 0.232. The summed E-state index contributed by atoms with van der Waals surface area (Å²) in [6.45, 7) is 8.09. The van der Waals surface area contributed by atoms with E-state index in [1.807, 2.05) is 4.90 Å². The van der Waals surface area contributed by atoms with Crippen LogP contribution in [0.1, 0.15) is 43.2 Å². The van der Waals surface area contributed by atoms with Gasteiger partial charge in [0.05, 0.1) is 0 Å². The number of hydrogen-bond donors (Lipinski definition) is 1. The zero-order valence-corrected chi connectivity index (χ0v) is 15.0. The van der Waals surface area contributed by atoms with Gasteiger partial charge in [-0.2, -0.15) is 0 Å². The van der Waals surface area contributed by atoms with Gasteiger partial charge in [-0.05, 0) is 69.0 Å². The monoisotopic (exact) mass is 330 g/mol.